The lowest BCUT2D eigenvalue weighted by Gasteiger charge is -2.12. The number of nitrogens with two attached hydrogens (primary N) is 1. The van der Waals surface area contributed by atoms with Crippen molar-refractivity contribution in [2.75, 3.05) is 19.5 Å². The van der Waals surface area contributed by atoms with Crippen LogP contribution in [0, 0.1) is 6.92 Å². The van der Waals surface area contributed by atoms with Crippen LogP contribution in [0.2, 0.25) is 0 Å². The van der Waals surface area contributed by atoms with Crippen molar-refractivity contribution in [3.05, 3.63) is 35.9 Å². The minimum atomic E-state index is 0.371. The third-order valence-corrected chi connectivity index (χ3v) is 2.68. The topological polar surface area (TPSA) is 66.6 Å². The number of nitrogens with zero attached hydrogens (tertiary/aromatic N) is 1. The molecule has 5 nitrogen and oxygen atoms in total. The highest BCUT2D eigenvalue weighted by Gasteiger charge is 2.09. The number of nitrogen functional groups attached to an aromatic ring is 1. The first-order valence-corrected chi connectivity index (χ1v) is 6.36. The summed E-state index contributed by atoms with van der Waals surface area (Å²) in [5.74, 6) is 2.03. The van der Waals surface area contributed by atoms with E-state index in [0.29, 0.717) is 35.6 Å². The van der Waals surface area contributed by atoms with Crippen LogP contribution in [0.5, 0.6) is 23.3 Å². The van der Waals surface area contributed by atoms with Gasteiger partial charge in [-0.05, 0) is 37.6 Å². The van der Waals surface area contributed by atoms with Crippen LogP contribution in [-0.2, 0) is 0 Å². The summed E-state index contributed by atoms with van der Waals surface area (Å²) in [6, 6.07) is 9.08. The average Bonchev–Trinajstić information content (AvgIpc) is 2.44. The van der Waals surface area contributed by atoms with Crippen molar-refractivity contribution in [2.45, 2.75) is 13.8 Å². The third-order valence-electron chi connectivity index (χ3n) is 2.68. The summed E-state index contributed by atoms with van der Waals surface area (Å²) in [4.78, 5) is 4.23. The molecule has 0 aliphatic rings. The minimum absolute atomic E-state index is 0.371. The molecule has 1 heterocycles. The van der Waals surface area contributed by atoms with Gasteiger partial charge in [-0.1, -0.05) is 6.07 Å². The van der Waals surface area contributed by atoms with Gasteiger partial charge in [0.05, 0.1) is 19.4 Å². The van der Waals surface area contributed by atoms with E-state index in [1.807, 2.05) is 32.0 Å². The molecule has 2 N–H and O–H groups in total. The van der Waals surface area contributed by atoms with Crippen LogP contribution < -0.4 is 19.9 Å². The number of pyridine rings is 1. The summed E-state index contributed by atoms with van der Waals surface area (Å²) in [6.45, 7) is 4.35. The van der Waals surface area contributed by atoms with Crippen molar-refractivity contribution < 1.29 is 14.2 Å². The lowest BCUT2D eigenvalue weighted by atomic mass is 10.2. The molecule has 106 valence electrons. The molecule has 5 heteroatoms. The molecule has 0 saturated heterocycles. The predicted octanol–water partition coefficient (Wildman–Crippen LogP) is 3.17. The second kappa shape index (κ2) is 6.14. The monoisotopic (exact) mass is 274 g/mol. The Morgan fingerprint density at radius 1 is 1.15 bits per heavy atom. The van der Waals surface area contributed by atoms with Crippen LogP contribution in [0.3, 0.4) is 0 Å². The smallest absolute Gasteiger partial charge is 0.240 e. The molecule has 0 saturated carbocycles. The SMILES string of the molecule is CCOc1nc(Oc2ccc(C)cc2OC)ccc1N. The van der Waals surface area contributed by atoms with Crippen molar-refractivity contribution in [1.82, 2.24) is 4.98 Å². The van der Waals surface area contributed by atoms with Gasteiger partial charge < -0.3 is 19.9 Å². The molecule has 0 radical (unpaired) electrons. The second-order valence-corrected chi connectivity index (χ2v) is 4.23. The van der Waals surface area contributed by atoms with Crippen LogP contribution in [0.4, 0.5) is 5.69 Å². The molecule has 0 fully saturated rings. The average molecular weight is 274 g/mol. The van der Waals surface area contributed by atoms with Crippen molar-refractivity contribution in [2.24, 2.45) is 0 Å². The van der Waals surface area contributed by atoms with E-state index in [4.69, 9.17) is 19.9 Å². The van der Waals surface area contributed by atoms with Gasteiger partial charge in [0.25, 0.3) is 0 Å². The van der Waals surface area contributed by atoms with Gasteiger partial charge in [0.15, 0.2) is 11.5 Å². The standard InChI is InChI=1S/C15H18N2O3/c1-4-19-15-11(16)6-8-14(17-15)20-12-7-5-10(2)9-13(12)18-3/h5-9H,4,16H2,1-3H3. The van der Waals surface area contributed by atoms with Crippen molar-refractivity contribution in [3.8, 4) is 23.3 Å². The molecule has 0 amide bonds. The lowest BCUT2D eigenvalue weighted by Crippen LogP contribution is -2.00. The molecule has 0 aliphatic heterocycles. The number of methoxy groups -OCH3 is 1. The summed E-state index contributed by atoms with van der Waals surface area (Å²) >= 11 is 0. The normalized spacial score (nSPS) is 10.2. The number of benzene rings is 1. The van der Waals surface area contributed by atoms with Crippen molar-refractivity contribution in [1.29, 1.82) is 0 Å². The van der Waals surface area contributed by atoms with E-state index in [2.05, 4.69) is 4.98 Å². The van der Waals surface area contributed by atoms with E-state index in [-0.39, 0.29) is 0 Å². The van der Waals surface area contributed by atoms with Gasteiger partial charge in [0.1, 0.15) is 0 Å². The highest BCUT2D eigenvalue weighted by molar-refractivity contribution is 5.50. The number of hydrogen-bond acceptors (Lipinski definition) is 5. The van der Waals surface area contributed by atoms with Gasteiger partial charge >= 0.3 is 0 Å². The highest BCUT2D eigenvalue weighted by Crippen LogP contribution is 2.33. The Hall–Kier alpha value is -2.43. The Morgan fingerprint density at radius 3 is 2.65 bits per heavy atom. The first kappa shape index (κ1) is 14.0. The third kappa shape index (κ3) is 3.12. The molecular formula is C15H18N2O3. The van der Waals surface area contributed by atoms with Gasteiger partial charge in [0.2, 0.25) is 11.8 Å². The molecule has 0 bridgehead atoms. The fraction of sp³-hybridized carbons (Fsp3) is 0.267. The van der Waals surface area contributed by atoms with Crippen LogP contribution in [0.1, 0.15) is 12.5 Å². The zero-order valence-corrected chi connectivity index (χ0v) is 11.8. The van der Waals surface area contributed by atoms with Crippen molar-refractivity contribution in [3.63, 3.8) is 0 Å². The number of rotatable bonds is 5. The van der Waals surface area contributed by atoms with Crippen LogP contribution >= 0.6 is 0 Å². The zero-order valence-electron chi connectivity index (χ0n) is 11.8. The molecule has 0 aliphatic carbocycles. The molecule has 0 atom stereocenters. The van der Waals surface area contributed by atoms with E-state index in [1.54, 1.807) is 19.2 Å². The predicted molar refractivity (Wildman–Crippen MR) is 77.6 cm³/mol. The number of ether oxygens (including phenoxy) is 3. The van der Waals surface area contributed by atoms with E-state index in [0.717, 1.165) is 5.56 Å². The van der Waals surface area contributed by atoms with Gasteiger partial charge in [-0.25, -0.2) is 0 Å². The molecular weight excluding hydrogens is 256 g/mol. The minimum Gasteiger partial charge on any atom is -0.493 e. The van der Waals surface area contributed by atoms with Crippen LogP contribution in [-0.4, -0.2) is 18.7 Å². The Kier molecular flexibility index (Phi) is 4.30. The Balaban J connectivity index is 2.28. The fourth-order valence-electron chi connectivity index (χ4n) is 1.72. The van der Waals surface area contributed by atoms with Gasteiger partial charge in [0, 0.05) is 6.07 Å². The maximum absolute atomic E-state index is 5.78. The van der Waals surface area contributed by atoms with E-state index in [9.17, 15) is 0 Å². The van der Waals surface area contributed by atoms with Gasteiger partial charge in [-0.3, -0.25) is 0 Å². The van der Waals surface area contributed by atoms with E-state index in [1.165, 1.54) is 0 Å². The number of anilines is 1. The Morgan fingerprint density at radius 2 is 1.95 bits per heavy atom. The Bertz CT molecular complexity index is 600. The summed E-state index contributed by atoms with van der Waals surface area (Å²) in [5, 5.41) is 0. The number of aromatic nitrogens is 1. The molecule has 2 aromatic rings. The van der Waals surface area contributed by atoms with E-state index >= 15 is 0 Å². The maximum Gasteiger partial charge on any atom is 0.240 e. The summed E-state index contributed by atoms with van der Waals surface area (Å²) in [5.41, 5.74) is 7.35. The summed E-state index contributed by atoms with van der Waals surface area (Å²) < 4.78 is 16.4. The van der Waals surface area contributed by atoms with Crippen LogP contribution in [0.15, 0.2) is 30.3 Å². The molecule has 20 heavy (non-hydrogen) atoms. The Labute approximate surface area is 118 Å². The number of hydrogen-bond donors (Lipinski definition) is 1. The molecule has 0 spiro atoms. The maximum atomic E-state index is 5.78. The molecule has 1 aromatic heterocycles. The molecule has 1 aromatic carbocycles. The first-order valence-electron chi connectivity index (χ1n) is 6.36. The van der Waals surface area contributed by atoms with E-state index < -0.39 is 0 Å². The molecule has 2 rings (SSSR count). The molecule has 0 unspecified atom stereocenters. The highest BCUT2D eigenvalue weighted by atomic mass is 16.5. The first-order chi connectivity index (χ1) is 9.63. The largest absolute Gasteiger partial charge is 0.493 e. The van der Waals surface area contributed by atoms with Gasteiger partial charge in [-0.2, -0.15) is 4.98 Å². The lowest BCUT2D eigenvalue weighted by molar-refractivity contribution is 0.321. The second-order valence-electron chi connectivity index (χ2n) is 4.23. The summed E-state index contributed by atoms with van der Waals surface area (Å²) in [7, 11) is 1.60. The number of aryl methyl sites for hydroxylation is 1. The van der Waals surface area contributed by atoms with Crippen molar-refractivity contribution >= 4 is 5.69 Å². The van der Waals surface area contributed by atoms with Gasteiger partial charge in [-0.15, -0.1) is 0 Å². The quantitative estimate of drug-likeness (QED) is 0.907. The zero-order chi connectivity index (χ0) is 14.5. The summed E-state index contributed by atoms with van der Waals surface area (Å²) in [6.07, 6.45) is 0. The fourth-order valence-corrected chi connectivity index (χ4v) is 1.72. The van der Waals surface area contributed by atoms with Crippen LogP contribution in [0.25, 0.3) is 0 Å².